The van der Waals surface area contributed by atoms with E-state index in [1.54, 1.807) is 0 Å². The number of hydrogen-bond donors (Lipinski definition) is 3. The zero-order valence-electron chi connectivity index (χ0n) is 8.80. The molecule has 1 saturated heterocycles. The molecule has 0 saturated carbocycles. The first kappa shape index (κ1) is 10.1. The fraction of sp³-hybridized carbons (Fsp3) is 0.333. The van der Waals surface area contributed by atoms with Crippen LogP contribution in [0.1, 0.15) is 11.1 Å². The van der Waals surface area contributed by atoms with Crippen molar-refractivity contribution in [2.75, 3.05) is 13.1 Å². The Kier molecular flexibility index (Phi) is 2.64. The van der Waals surface area contributed by atoms with E-state index in [2.05, 4.69) is 5.32 Å². The quantitative estimate of drug-likeness (QED) is 0.639. The Hall–Kier alpha value is -1.48. The van der Waals surface area contributed by atoms with Gasteiger partial charge in [0.25, 0.3) is 0 Å². The topological polar surface area (TPSA) is 59.7 Å². The predicted molar refractivity (Wildman–Crippen MR) is 62.1 cm³/mol. The molecule has 0 radical (unpaired) electrons. The molecule has 15 heavy (non-hydrogen) atoms. The Morgan fingerprint density at radius 3 is 2.60 bits per heavy atom. The smallest absolute Gasteiger partial charge is 0.0823 e. The molecular weight excluding hydrogens is 186 g/mol. The van der Waals surface area contributed by atoms with Gasteiger partial charge in [0.1, 0.15) is 0 Å². The molecule has 0 aromatic heterocycles. The zero-order valence-corrected chi connectivity index (χ0v) is 8.80. The molecule has 3 heteroatoms. The van der Waals surface area contributed by atoms with Crippen LogP contribution < -0.4 is 5.32 Å². The Morgan fingerprint density at radius 2 is 2.07 bits per heavy atom. The highest BCUT2D eigenvalue weighted by atomic mass is 15.0. The Bertz CT molecular complexity index is 405. The molecule has 1 aromatic carbocycles. The second-order valence-corrected chi connectivity index (χ2v) is 4.01. The summed E-state index contributed by atoms with van der Waals surface area (Å²) < 4.78 is 0. The molecule has 1 fully saturated rings. The molecule has 0 spiro atoms. The third kappa shape index (κ3) is 1.97. The van der Waals surface area contributed by atoms with Crippen molar-refractivity contribution in [3.8, 4) is 0 Å². The molecule has 3 N–H and O–H groups in total. The summed E-state index contributed by atoms with van der Waals surface area (Å²) >= 11 is 0. The van der Waals surface area contributed by atoms with Crippen molar-refractivity contribution in [3.05, 3.63) is 35.4 Å². The number of nitrogens with one attached hydrogen (secondary N) is 3. The van der Waals surface area contributed by atoms with Crippen LogP contribution in [0.15, 0.2) is 24.3 Å². The second kappa shape index (κ2) is 3.95. The maximum Gasteiger partial charge on any atom is 0.0823 e. The van der Waals surface area contributed by atoms with E-state index in [1.165, 1.54) is 0 Å². The lowest BCUT2D eigenvalue weighted by Crippen LogP contribution is -2.48. The number of benzene rings is 1. The SMILES string of the molecule is Cc1cccc(C(=N)C(=N)C2CNC2)c1. The van der Waals surface area contributed by atoms with Crippen LogP contribution in [-0.2, 0) is 0 Å². The molecule has 2 rings (SSSR count). The van der Waals surface area contributed by atoms with E-state index in [0.717, 1.165) is 24.2 Å². The fourth-order valence-corrected chi connectivity index (χ4v) is 1.65. The zero-order chi connectivity index (χ0) is 10.8. The molecule has 3 nitrogen and oxygen atoms in total. The van der Waals surface area contributed by atoms with Crippen LogP contribution in [0, 0.1) is 23.7 Å². The second-order valence-electron chi connectivity index (χ2n) is 4.01. The van der Waals surface area contributed by atoms with Crippen LogP contribution in [0.4, 0.5) is 0 Å². The molecule has 1 heterocycles. The minimum atomic E-state index is 0.234. The van der Waals surface area contributed by atoms with E-state index in [4.69, 9.17) is 10.8 Å². The molecule has 1 aliphatic heterocycles. The predicted octanol–water partition coefficient (Wildman–Crippen LogP) is 1.60. The third-order valence-electron chi connectivity index (χ3n) is 2.77. The van der Waals surface area contributed by atoms with Gasteiger partial charge in [-0.3, -0.25) is 5.41 Å². The number of aryl methyl sites for hydroxylation is 1. The Balaban J connectivity index is 2.16. The van der Waals surface area contributed by atoms with Crippen molar-refractivity contribution in [2.24, 2.45) is 5.92 Å². The van der Waals surface area contributed by atoms with E-state index >= 15 is 0 Å². The molecule has 78 valence electrons. The van der Waals surface area contributed by atoms with Crippen molar-refractivity contribution in [2.45, 2.75) is 6.92 Å². The van der Waals surface area contributed by atoms with Crippen molar-refractivity contribution < 1.29 is 0 Å². The third-order valence-corrected chi connectivity index (χ3v) is 2.77. The van der Waals surface area contributed by atoms with Gasteiger partial charge in [0, 0.05) is 24.6 Å². The molecule has 0 aliphatic carbocycles. The highest BCUT2D eigenvalue weighted by molar-refractivity contribution is 6.47. The number of rotatable bonds is 3. The van der Waals surface area contributed by atoms with Gasteiger partial charge in [-0.2, -0.15) is 0 Å². The van der Waals surface area contributed by atoms with Crippen molar-refractivity contribution in [1.29, 1.82) is 10.8 Å². The van der Waals surface area contributed by atoms with Crippen molar-refractivity contribution in [3.63, 3.8) is 0 Å². The van der Waals surface area contributed by atoms with Crippen molar-refractivity contribution >= 4 is 11.4 Å². The minimum Gasteiger partial charge on any atom is -0.315 e. The first-order valence-electron chi connectivity index (χ1n) is 5.13. The molecule has 1 aliphatic rings. The van der Waals surface area contributed by atoms with Gasteiger partial charge in [-0.25, -0.2) is 0 Å². The van der Waals surface area contributed by atoms with Gasteiger partial charge in [0.05, 0.1) is 11.4 Å². The van der Waals surface area contributed by atoms with Crippen LogP contribution in [0.3, 0.4) is 0 Å². The van der Waals surface area contributed by atoms with E-state index in [0.29, 0.717) is 11.4 Å². The van der Waals surface area contributed by atoms with Gasteiger partial charge in [0.15, 0.2) is 0 Å². The number of hydrogen-bond acceptors (Lipinski definition) is 3. The summed E-state index contributed by atoms with van der Waals surface area (Å²) in [5, 5.41) is 19.0. The normalized spacial score (nSPS) is 15.8. The monoisotopic (exact) mass is 201 g/mol. The average Bonchev–Trinajstić information content (AvgIpc) is 2.14. The summed E-state index contributed by atoms with van der Waals surface area (Å²) in [5.74, 6) is 0.234. The van der Waals surface area contributed by atoms with Crippen LogP contribution in [0.25, 0.3) is 0 Å². The Morgan fingerprint density at radius 1 is 1.33 bits per heavy atom. The van der Waals surface area contributed by atoms with Gasteiger partial charge in [-0.05, 0) is 13.0 Å². The van der Waals surface area contributed by atoms with Crippen LogP contribution >= 0.6 is 0 Å². The standard InChI is InChI=1S/C12H15N3/c1-8-3-2-4-9(5-8)11(13)12(14)10-6-15-7-10/h2-5,10,13-15H,6-7H2,1H3. The maximum atomic E-state index is 7.95. The summed E-state index contributed by atoms with van der Waals surface area (Å²) in [6.45, 7) is 3.69. The van der Waals surface area contributed by atoms with E-state index in [1.807, 2.05) is 31.2 Å². The summed E-state index contributed by atoms with van der Waals surface area (Å²) in [6, 6.07) is 7.80. The van der Waals surface area contributed by atoms with Crippen LogP contribution in [-0.4, -0.2) is 24.5 Å². The van der Waals surface area contributed by atoms with E-state index < -0.39 is 0 Å². The molecule has 0 atom stereocenters. The Labute approximate surface area is 89.5 Å². The van der Waals surface area contributed by atoms with Gasteiger partial charge in [-0.1, -0.05) is 23.8 Å². The maximum absolute atomic E-state index is 7.95. The first-order valence-corrected chi connectivity index (χ1v) is 5.13. The van der Waals surface area contributed by atoms with Crippen molar-refractivity contribution in [1.82, 2.24) is 5.32 Å². The van der Waals surface area contributed by atoms with Gasteiger partial charge in [-0.15, -0.1) is 0 Å². The van der Waals surface area contributed by atoms with Gasteiger partial charge < -0.3 is 10.7 Å². The lowest BCUT2D eigenvalue weighted by Gasteiger charge is -2.27. The molecule has 0 bridgehead atoms. The van der Waals surface area contributed by atoms with E-state index in [-0.39, 0.29) is 5.92 Å². The fourth-order valence-electron chi connectivity index (χ4n) is 1.65. The highest BCUT2D eigenvalue weighted by Gasteiger charge is 2.24. The summed E-state index contributed by atoms with van der Waals surface area (Å²) in [4.78, 5) is 0. The van der Waals surface area contributed by atoms with Crippen LogP contribution in [0.2, 0.25) is 0 Å². The molecule has 0 unspecified atom stereocenters. The first-order chi connectivity index (χ1) is 7.18. The largest absolute Gasteiger partial charge is 0.315 e. The molecular formula is C12H15N3. The molecule has 0 amide bonds. The summed E-state index contributed by atoms with van der Waals surface area (Å²) in [7, 11) is 0. The minimum absolute atomic E-state index is 0.234. The van der Waals surface area contributed by atoms with Gasteiger partial charge >= 0.3 is 0 Å². The average molecular weight is 201 g/mol. The van der Waals surface area contributed by atoms with Crippen LogP contribution in [0.5, 0.6) is 0 Å². The van der Waals surface area contributed by atoms with Gasteiger partial charge in [0.2, 0.25) is 0 Å². The highest BCUT2D eigenvalue weighted by Crippen LogP contribution is 2.11. The lowest BCUT2D eigenvalue weighted by molar-refractivity contribution is 0.445. The lowest BCUT2D eigenvalue weighted by atomic mass is 9.90. The summed E-state index contributed by atoms with van der Waals surface area (Å²) in [6.07, 6.45) is 0. The summed E-state index contributed by atoms with van der Waals surface area (Å²) in [5.41, 5.74) is 2.81. The molecule has 1 aromatic rings. The van der Waals surface area contributed by atoms with E-state index in [9.17, 15) is 0 Å².